The Bertz CT molecular complexity index is 613. The van der Waals surface area contributed by atoms with Crippen LogP contribution in [0.2, 0.25) is 0 Å². The summed E-state index contributed by atoms with van der Waals surface area (Å²) in [5.74, 6) is 3.92. The van der Waals surface area contributed by atoms with E-state index in [9.17, 15) is 9.59 Å². The zero-order chi connectivity index (χ0) is 21.9. The van der Waals surface area contributed by atoms with Crippen LogP contribution in [0.4, 0.5) is 0 Å². The summed E-state index contributed by atoms with van der Waals surface area (Å²) in [6.07, 6.45) is 17.4. The number of fused-ring (bicyclic) bond motifs is 5. The molecule has 0 heterocycles. The molecule has 4 saturated carbocycles. The van der Waals surface area contributed by atoms with Crippen LogP contribution in [0, 0.1) is 40.4 Å². The minimum atomic E-state index is -0.682. The average Bonchev–Trinajstić information content (AvgIpc) is 3.05. The molecule has 0 radical (unpaired) electrons. The molecule has 0 aromatic heterocycles. The van der Waals surface area contributed by atoms with E-state index in [1.54, 1.807) is 0 Å². The summed E-state index contributed by atoms with van der Waals surface area (Å²) in [6.45, 7) is 9.03. The third-order valence-electron chi connectivity index (χ3n) is 10.1. The Kier molecular flexibility index (Phi) is 7.72. The maximum Gasteiger partial charge on any atom is 0.303 e. The van der Waals surface area contributed by atoms with Gasteiger partial charge in [-0.2, -0.15) is 0 Å². The molecule has 4 fully saturated rings. The SMILES string of the molecule is CC(=O)[C@H]1CC[C@H]2[C@@H]3CC[C@H]4CCCC[C@]4(C)[C@H]3CC[C@]12C.CCCCCC(=O)O. The Labute approximate surface area is 184 Å². The number of carboxylic acid groups (broad SMARTS) is 1. The summed E-state index contributed by atoms with van der Waals surface area (Å²) < 4.78 is 0. The number of aliphatic carboxylic acids is 1. The highest BCUT2D eigenvalue weighted by Gasteiger charge is 2.60. The molecule has 0 saturated heterocycles. The molecule has 3 heteroatoms. The van der Waals surface area contributed by atoms with E-state index in [1.807, 2.05) is 6.92 Å². The van der Waals surface area contributed by atoms with Crippen LogP contribution in [-0.4, -0.2) is 16.9 Å². The molecule has 3 nitrogen and oxygen atoms in total. The second-order valence-electron chi connectivity index (χ2n) is 11.5. The predicted octanol–water partition coefficient (Wildman–Crippen LogP) is 7.28. The number of hydrogen-bond acceptors (Lipinski definition) is 2. The van der Waals surface area contributed by atoms with Gasteiger partial charge in [0.15, 0.2) is 0 Å². The van der Waals surface area contributed by atoms with E-state index in [2.05, 4.69) is 20.8 Å². The van der Waals surface area contributed by atoms with E-state index in [-0.39, 0.29) is 0 Å². The number of rotatable bonds is 5. The van der Waals surface area contributed by atoms with Crippen molar-refractivity contribution in [1.29, 1.82) is 0 Å². The van der Waals surface area contributed by atoms with Crippen LogP contribution in [0.15, 0.2) is 0 Å². The van der Waals surface area contributed by atoms with Crippen LogP contribution >= 0.6 is 0 Å². The number of carboxylic acids is 1. The first-order valence-electron chi connectivity index (χ1n) is 13.0. The molecule has 4 aliphatic rings. The van der Waals surface area contributed by atoms with E-state index in [0.717, 1.165) is 42.9 Å². The molecule has 7 atom stereocenters. The standard InChI is InChI=1S/C21H34O.C6H12O2/c1-14(22)17-9-10-18-16-8-7-15-6-4-5-12-20(15,2)19(16)11-13-21(17,18)3;1-2-3-4-5-6(7)8/h15-19H,4-13H2,1-3H3;2-5H2,1H3,(H,7,8)/t15-,16+,17-,18+,19+,20+,21-;/m1./s1. The monoisotopic (exact) mass is 418 g/mol. The van der Waals surface area contributed by atoms with E-state index in [1.165, 1.54) is 64.2 Å². The van der Waals surface area contributed by atoms with Crippen molar-refractivity contribution in [2.75, 3.05) is 0 Å². The summed E-state index contributed by atoms with van der Waals surface area (Å²) in [5.41, 5.74) is 0.974. The molecule has 0 aliphatic heterocycles. The highest BCUT2D eigenvalue weighted by molar-refractivity contribution is 5.79. The molecule has 4 aliphatic carbocycles. The Morgan fingerprint density at radius 2 is 1.60 bits per heavy atom. The summed E-state index contributed by atoms with van der Waals surface area (Å²) in [5, 5.41) is 8.14. The largest absolute Gasteiger partial charge is 0.481 e. The molecule has 30 heavy (non-hydrogen) atoms. The summed E-state index contributed by atoms with van der Waals surface area (Å²) in [6, 6.07) is 0. The number of unbranched alkanes of at least 4 members (excludes halogenated alkanes) is 2. The third-order valence-corrected chi connectivity index (χ3v) is 10.1. The zero-order valence-corrected chi connectivity index (χ0v) is 20.0. The van der Waals surface area contributed by atoms with Crippen LogP contribution in [0.3, 0.4) is 0 Å². The predicted molar refractivity (Wildman–Crippen MR) is 122 cm³/mol. The summed E-state index contributed by atoms with van der Waals surface area (Å²) in [7, 11) is 0. The molecule has 172 valence electrons. The lowest BCUT2D eigenvalue weighted by atomic mass is 9.45. The van der Waals surface area contributed by atoms with Gasteiger partial charge in [0.25, 0.3) is 0 Å². The minimum absolute atomic E-state index is 0.327. The van der Waals surface area contributed by atoms with Crippen LogP contribution in [-0.2, 0) is 9.59 Å². The normalized spacial score (nSPS) is 42.2. The van der Waals surface area contributed by atoms with E-state index >= 15 is 0 Å². The van der Waals surface area contributed by atoms with Crippen molar-refractivity contribution < 1.29 is 14.7 Å². The molecular formula is C27H46O3. The van der Waals surface area contributed by atoms with Gasteiger partial charge < -0.3 is 5.11 Å². The fourth-order valence-electron chi connectivity index (χ4n) is 8.49. The molecule has 0 aromatic carbocycles. The highest BCUT2D eigenvalue weighted by atomic mass is 16.4. The van der Waals surface area contributed by atoms with Gasteiger partial charge in [0, 0.05) is 12.3 Å². The molecule has 4 rings (SSSR count). The molecular weight excluding hydrogens is 372 g/mol. The van der Waals surface area contributed by atoms with Gasteiger partial charge >= 0.3 is 5.97 Å². The lowest BCUT2D eigenvalue weighted by Crippen LogP contribution is -2.53. The zero-order valence-electron chi connectivity index (χ0n) is 20.0. The summed E-state index contributed by atoms with van der Waals surface area (Å²) >= 11 is 0. The Morgan fingerprint density at radius 3 is 2.27 bits per heavy atom. The van der Waals surface area contributed by atoms with Crippen molar-refractivity contribution in [2.24, 2.45) is 40.4 Å². The number of carbonyl (C=O) groups excluding carboxylic acids is 1. The quantitative estimate of drug-likeness (QED) is 0.477. The van der Waals surface area contributed by atoms with Crippen LogP contribution in [0.25, 0.3) is 0 Å². The molecule has 0 unspecified atom stereocenters. The molecule has 0 aromatic rings. The van der Waals surface area contributed by atoms with Crippen LogP contribution in [0.1, 0.15) is 118 Å². The fourth-order valence-corrected chi connectivity index (χ4v) is 8.49. The Balaban J connectivity index is 0.000000275. The molecule has 0 bridgehead atoms. The number of ketones is 1. The van der Waals surface area contributed by atoms with E-state index < -0.39 is 5.97 Å². The van der Waals surface area contributed by atoms with Gasteiger partial charge in [0.05, 0.1) is 0 Å². The number of hydrogen-bond donors (Lipinski definition) is 1. The first-order valence-corrected chi connectivity index (χ1v) is 13.0. The smallest absolute Gasteiger partial charge is 0.303 e. The van der Waals surface area contributed by atoms with Crippen LogP contribution < -0.4 is 0 Å². The number of carbonyl (C=O) groups is 2. The molecule has 0 spiro atoms. The van der Waals surface area contributed by atoms with Gasteiger partial charge in [-0.1, -0.05) is 46.5 Å². The lowest BCUT2D eigenvalue weighted by molar-refractivity contribution is -0.137. The lowest BCUT2D eigenvalue weighted by Gasteiger charge is -2.60. The topological polar surface area (TPSA) is 54.4 Å². The summed E-state index contributed by atoms with van der Waals surface area (Å²) in [4.78, 5) is 22.0. The maximum absolute atomic E-state index is 12.2. The fraction of sp³-hybridized carbons (Fsp3) is 0.926. The van der Waals surface area contributed by atoms with Crippen molar-refractivity contribution >= 4 is 11.8 Å². The van der Waals surface area contributed by atoms with Gasteiger partial charge in [-0.15, -0.1) is 0 Å². The van der Waals surface area contributed by atoms with Gasteiger partial charge in [-0.05, 0) is 99.2 Å². The average molecular weight is 419 g/mol. The van der Waals surface area contributed by atoms with Crippen molar-refractivity contribution in [1.82, 2.24) is 0 Å². The minimum Gasteiger partial charge on any atom is -0.481 e. The molecule has 0 amide bonds. The second-order valence-corrected chi connectivity index (χ2v) is 11.5. The highest BCUT2D eigenvalue weighted by Crippen LogP contribution is 2.67. The van der Waals surface area contributed by atoms with Gasteiger partial charge in [-0.25, -0.2) is 0 Å². The Morgan fingerprint density at radius 1 is 0.867 bits per heavy atom. The van der Waals surface area contributed by atoms with Gasteiger partial charge in [-0.3, -0.25) is 9.59 Å². The van der Waals surface area contributed by atoms with Crippen molar-refractivity contribution in [3.05, 3.63) is 0 Å². The maximum atomic E-state index is 12.2. The third kappa shape index (κ3) is 4.51. The molecule has 1 N–H and O–H groups in total. The van der Waals surface area contributed by atoms with E-state index in [0.29, 0.717) is 29.0 Å². The van der Waals surface area contributed by atoms with Gasteiger partial charge in [0.1, 0.15) is 5.78 Å². The Hall–Kier alpha value is -0.860. The van der Waals surface area contributed by atoms with Crippen molar-refractivity contribution in [3.8, 4) is 0 Å². The first kappa shape index (κ1) is 23.8. The van der Waals surface area contributed by atoms with Crippen LogP contribution in [0.5, 0.6) is 0 Å². The first-order chi connectivity index (χ1) is 14.2. The van der Waals surface area contributed by atoms with Crippen molar-refractivity contribution in [2.45, 2.75) is 118 Å². The second kappa shape index (κ2) is 9.74. The van der Waals surface area contributed by atoms with E-state index in [4.69, 9.17) is 5.11 Å². The number of Topliss-reactive ketones (excluding diaryl/α,β-unsaturated/α-hetero) is 1. The van der Waals surface area contributed by atoms with Crippen molar-refractivity contribution in [3.63, 3.8) is 0 Å². The van der Waals surface area contributed by atoms with Gasteiger partial charge in [0.2, 0.25) is 0 Å².